The molecule has 0 spiro atoms. The summed E-state index contributed by atoms with van der Waals surface area (Å²) >= 11 is 0. The van der Waals surface area contributed by atoms with Crippen LogP contribution in [0.3, 0.4) is 0 Å². The van der Waals surface area contributed by atoms with E-state index in [4.69, 9.17) is 9.94 Å². The molecule has 0 radical (unpaired) electrons. The third-order valence-electron chi connectivity index (χ3n) is 0.408. The number of rotatable bonds is 2. The van der Waals surface area contributed by atoms with Crippen molar-refractivity contribution < 1.29 is 9.89 Å². The van der Waals surface area contributed by atoms with Gasteiger partial charge in [-0.1, -0.05) is 0 Å². The molecular weight excluding hydrogens is 106 g/mol. The highest BCUT2D eigenvalue weighted by atomic mass is 16.5. The van der Waals surface area contributed by atoms with E-state index >= 15 is 0 Å². The van der Waals surface area contributed by atoms with E-state index in [0.29, 0.717) is 0 Å². The molecule has 8 heavy (non-hydrogen) atoms. The van der Waals surface area contributed by atoms with Crippen LogP contribution in [-0.2, 0) is 4.74 Å². The Bertz CT molecular complexity index is 37.4. The molecule has 0 saturated heterocycles. The highest BCUT2D eigenvalue weighted by Crippen LogP contribution is 1.64. The number of hydrogen-bond acceptors (Lipinski definition) is 2. The lowest BCUT2D eigenvalue weighted by molar-refractivity contribution is -0.361. The minimum absolute atomic E-state index is 0.844. The van der Waals surface area contributed by atoms with Crippen molar-refractivity contribution in [3.05, 3.63) is 5.21 Å². The van der Waals surface area contributed by atoms with Gasteiger partial charge in [0.05, 0.1) is 0 Å². The zero-order valence-corrected chi connectivity index (χ0v) is 5.44. The summed E-state index contributed by atoms with van der Waals surface area (Å²) in [5.74, 6) is 0. The van der Waals surface area contributed by atoms with Crippen molar-refractivity contribution in [2.24, 2.45) is 0 Å². The molecule has 0 aliphatic heterocycles. The van der Waals surface area contributed by atoms with Gasteiger partial charge in [-0.05, 0) is 13.8 Å². The second-order valence-corrected chi connectivity index (χ2v) is 0.926. The molecule has 0 atom stereocenters. The van der Waals surface area contributed by atoms with Crippen molar-refractivity contribution in [1.82, 2.24) is 0 Å². The van der Waals surface area contributed by atoms with Crippen LogP contribution in [0.15, 0.2) is 0 Å². The Morgan fingerprint density at radius 3 is 1.75 bits per heavy atom. The lowest BCUT2D eigenvalue weighted by Crippen LogP contribution is -2.56. The van der Waals surface area contributed by atoms with Crippen molar-refractivity contribution >= 4 is 6.72 Å². The normalized spacial score (nSPS) is 6.75. The molecule has 0 heterocycles. The zero-order valence-electron chi connectivity index (χ0n) is 5.44. The van der Waals surface area contributed by atoms with Gasteiger partial charge in [0.1, 0.15) is 6.72 Å². The maximum atomic E-state index is 8.57. The molecular formula is C5H13NO2. The monoisotopic (exact) mass is 119 g/mol. The summed E-state index contributed by atoms with van der Waals surface area (Å²) in [5.41, 5.74) is 0. The van der Waals surface area contributed by atoms with Crippen LogP contribution in [0.2, 0.25) is 0 Å². The minimum Gasteiger partial charge on any atom is -0.626 e. The first kappa shape index (κ1) is 10.4. The topological polar surface area (TPSA) is 46.3 Å². The van der Waals surface area contributed by atoms with E-state index in [1.165, 1.54) is 5.16 Å². The van der Waals surface area contributed by atoms with Crippen molar-refractivity contribution in [3.63, 3.8) is 0 Å². The molecule has 0 aliphatic rings. The fourth-order valence-corrected chi connectivity index (χ4v) is 0.204. The Labute approximate surface area is 50.0 Å². The molecule has 0 aliphatic carbocycles. The first-order chi connectivity index (χ1) is 3.83. The van der Waals surface area contributed by atoms with Gasteiger partial charge in [-0.2, -0.15) is 0 Å². The summed E-state index contributed by atoms with van der Waals surface area (Å²) in [6.45, 7) is 8.35. The maximum Gasteiger partial charge on any atom is 0.136 e. The summed E-state index contributed by atoms with van der Waals surface area (Å²) in [6.07, 6.45) is 0. The molecule has 50 valence electrons. The SMILES string of the molecule is C=[NH+][O-].CCOCC. The smallest absolute Gasteiger partial charge is 0.136 e. The van der Waals surface area contributed by atoms with E-state index in [1.54, 1.807) is 0 Å². The van der Waals surface area contributed by atoms with Crippen LogP contribution < -0.4 is 5.16 Å². The van der Waals surface area contributed by atoms with E-state index in [0.717, 1.165) is 13.2 Å². The first-order valence-electron chi connectivity index (χ1n) is 2.55. The molecule has 1 N–H and O–H groups in total. The molecule has 0 fully saturated rings. The Kier molecular flexibility index (Phi) is 21.0. The van der Waals surface area contributed by atoms with Crippen LogP contribution in [0, 0.1) is 5.21 Å². The largest absolute Gasteiger partial charge is 0.626 e. The van der Waals surface area contributed by atoms with E-state index in [2.05, 4.69) is 6.72 Å². The molecule has 0 saturated carbocycles. The molecule has 3 nitrogen and oxygen atoms in total. The van der Waals surface area contributed by atoms with Crippen LogP contribution >= 0.6 is 0 Å². The second kappa shape index (κ2) is 16.1. The second-order valence-electron chi connectivity index (χ2n) is 0.926. The van der Waals surface area contributed by atoms with E-state index in [1.807, 2.05) is 13.8 Å². The van der Waals surface area contributed by atoms with Gasteiger partial charge in [-0.3, -0.25) is 0 Å². The highest BCUT2D eigenvalue weighted by Gasteiger charge is 1.64. The molecule has 0 aromatic heterocycles. The molecule has 0 unspecified atom stereocenters. The molecule has 0 amide bonds. The number of hydrogen-bond donors (Lipinski definition) is 1. The average molecular weight is 119 g/mol. The van der Waals surface area contributed by atoms with Gasteiger partial charge in [0.15, 0.2) is 0 Å². The molecule has 0 aromatic carbocycles. The van der Waals surface area contributed by atoms with Crippen molar-refractivity contribution in [2.75, 3.05) is 13.2 Å². The fraction of sp³-hybridized carbons (Fsp3) is 0.800. The van der Waals surface area contributed by atoms with Crippen molar-refractivity contribution in [3.8, 4) is 0 Å². The predicted octanol–water partition coefficient (Wildman–Crippen LogP) is -0.692. The minimum atomic E-state index is 0.844. The number of nitrogens with one attached hydrogen (secondary N) is 1. The van der Waals surface area contributed by atoms with E-state index in [-0.39, 0.29) is 0 Å². The lowest BCUT2D eigenvalue weighted by Gasteiger charge is -1.86. The average Bonchev–Trinajstić information content (AvgIpc) is 1.71. The maximum absolute atomic E-state index is 8.57. The van der Waals surface area contributed by atoms with Gasteiger partial charge in [0.2, 0.25) is 0 Å². The van der Waals surface area contributed by atoms with E-state index < -0.39 is 0 Å². The molecule has 0 rings (SSSR count). The Hall–Kier alpha value is -0.570. The fourth-order valence-electron chi connectivity index (χ4n) is 0.204. The quantitative estimate of drug-likeness (QED) is 0.297. The van der Waals surface area contributed by atoms with Gasteiger partial charge in [-0.15, -0.1) is 0 Å². The Morgan fingerprint density at radius 2 is 1.75 bits per heavy atom. The van der Waals surface area contributed by atoms with Gasteiger partial charge >= 0.3 is 0 Å². The van der Waals surface area contributed by atoms with Crippen LogP contribution in [0.5, 0.6) is 0 Å². The number of ether oxygens (including phenoxy) is 1. The standard InChI is InChI=1S/C4H10O.CH3NO/c1-3-5-4-2;1-2-3/h3-4H2,1-2H3;2H,1H2. The Morgan fingerprint density at radius 1 is 1.50 bits per heavy atom. The molecule has 3 heteroatoms. The third kappa shape index (κ3) is 52.1. The summed E-state index contributed by atoms with van der Waals surface area (Å²) in [4.78, 5) is 0. The molecule has 0 aromatic rings. The summed E-state index contributed by atoms with van der Waals surface area (Å²) in [5, 5.41) is 9.82. The van der Waals surface area contributed by atoms with Gasteiger partial charge < -0.3 is 9.94 Å². The van der Waals surface area contributed by atoms with Crippen molar-refractivity contribution in [1.29, 1.82) is 0 Å². The lowest BCUT2D eigenvalue weighted by atomic mass is 10.8. The summed E-state index contributed by atoms with van der Waals surface area (Å²) < 4.78 is 4.83. The third-order valence-corrected chi connectivity index (χ3v) is 0.408. The van der Waals surface area contributed by atoms with Crippen LogP contribution in [-0.4, -0.2) is 19.9 Å². The van der Waals surface area contributed by atoms with Gasteiger partial charge in [-0.25, -0.2) is 5.16 Å². The van der Waals surface area contributed by atoms with Gasteiger partial charge in [0.25, 0.3) is 0 Å². The zero-order chi connectivity index (χ0) is 6.83. The predicted molar refractivity (Wildman–Crippen MR) is 33.6 cm³/mol. The van der Waals surface area contributed by atoms with Crippen LogP contribution in [0.1, 0.15) is 13.8 Å². The molecule has 0 bridgehead atoms. The van der Waals surface area contributed by atoms with Crippen LogP contribution in [0.25, 0.3) is 0 Å². The van der Waals surface area contributed by atoms with Gasteiger partial charge in [0, 0.05) is 13.2 Å². The highest BCUT2D eigenvalue weighted by molar-refractivity contribution is 5.12. The first-order valence-corrected chi connectivity index (χ1v) is 2.55. The Balaban J connectivity index is 0. The van der Waals surface area contributed by atoms with Crippen molar-refractivity contribution in [2.45, 2.75) is 13.8 Å². The van der Waals surface area contributed by atoms with Crippen LogP contribution in [0.4, 0.5) is 0 Å². The summed E-state index contributed by atoms with van der Waals surface area (Å²) in [6, 6.07) is 0. The summed E-state index contributed by atoms with van der Waals surface area (Å²) in [7, 11) is 0. The van der Waals surface area contributed by atoms with E-state index in [9.17, 15) is 0 Å².